The molecule has 4 nitrogen and oxygen atoms in total. The number of hydrogen-bond acceptors (Lipinski definition) is 4. The maximum Gasteiger partial charge on any atom is 0.561 e. The lowest BCUT2D eigenvalue weighted by Gasteiger charge is -2.11. The Balaban J connectivity index is 2.99. The van der Waals surface area contributed by atoms with E-state index in [0.717, 1.165) is 25.3 Å². The number of hydrogen-bond donors (Lipinski definition) is 0. The summed E-state index contributed by atoms with van der Waals surface area (Å²) in [5, 5.41) is 0. The molecular formula is C7H6F3O4P. The normalized spacial score (nSPS) is 14.7. The average Bonchev–Trinajstić information content (AvgIpc) is 2.25. The van der Waals surface area contributed by atoms with Crippen LogP contribution < -0.4 is 4.52 Å². The predicted molar refractivity (Wildman–Crippen MR) is 43.8 cm³/mol. The fraction of sp³-hybridized carbons (Fsp3) is 0.143. The second kappa shape index (κ2) is 4.65. The van der Waals surface area contributed by atoms with Gasteiger partial charge in [-0.2, -0.15) is 4.39 Å². The molecule has 8 heteroatoms. The van der Waals surface area contributed by atoms with Crippen molar-refractivity contribution >= 4 is 7.82 Å². The van der Waals surface area contributed by atoms with Gasteiger partial charge in [0.15, 0.2) is 11.6 Å². The maximum absolute atomic E-state index is 12.9. The lowest BCUT2D eigenvalue weighted by atomic mass is 10.3. The molecule has 0 aliphatic rings. The number of phosphoric acid groups is 1. The van der Waals surface area contributed by atoms with Gasteiger partial charge < -0.3 is 4.52 Å². The largest absolute Gasteiger partial charge is 0.561 e. The molecule has 0 aromatic heterocycles. The molecule has 0 aliphatic heterocycles. The second-order valence-electron chi connectivity index (χ2n) is 2.34. The van der Waals surface area contributed by atoms with E-state index >= 15 is 0 Å². The fourth-order valence-electron chi connectivity index (χ4n) is 0.754. The van der Waals surface area contributed by atoms with Crippen LogP contribution in [0, 0.1) is 11.6 Å². The average molecular weight is 242 g/mol. The Hall–Kier alpha value is -1.04. The summed E-state index contributed by atoms with van der Waals surface area (Å²) in [6.07, 6.45) is 0. The van der Waals surface area contributed by atoms with E-state index in [0.29, 0.717) is 0 Å². The van der Waals surface area contributed by atoms with Crippen molar-refractivity contribution in [1.82, 2.24) is 0 Å². The van der Waals surface area contributed by atoms with Crippen molar-refractivity contribution in [1.29, 1.82) is 0 Å². The molecule has 0 heterocycles. The highest BCUT2D eigenvalue weighted by Gasteiger charge is 2.30. The van der Waals surface area contributed by atoms with Gasteiger partial charge in [-0.05, 0) is 16.7 Å². The summed E-state index contributed by atoms with van der Waals surface area (Å²) >= 11 is 0. The Morgan fingerprint density at radius 1 is 1.33 bits per heavy atom. The summed E-state index contributed by atoms with van der Waals surface area (Å²) in [7, 11) is -3.69. The van der Waals surface area contributed by atoms with Crippen LogP contribution in [-0.4, -0.2) is 7.11 Å². The lowest BCUT2D eigenvalue weighted by molar-refractivity contribution is -0.0411. The van der Waals surface area contributed by atoms with E-state index in [1.54, 1.807) is 0 Å². The molecule has 0 amide bonds. The van der Waals surface area contributed by atoms with Crippen LogP contribution in [-0.2, 0) is 13.8 Å². The minimum absolute atomic E-state index is 0.766. The predicted octanol–water partition coefficient (Wildman–Crippen LogP) is 3.00. The van der Waals surface area contributed by atoms with E-state index in [2.05, 4.69) is 13.8 Å². The van der Waals surface area contributed by atoms with E-state index in [1.165, 1.54) is 0 Å². The van der Waals surface area contributed by atoms with Gasteiger partial charge in [-0.3, -0.25) is 4.52 Å². The zero-order valence-corrected chi connectivity index (χ0v) is 8.34. The number of phosphoric ester groups is 1. The van der Waals surface area contributed by atoms with Crippen molar-refractivity contribution in [3.05, 3.63) is 29.8 Å². The molecule has 1 atom stereocenters. The molecule has 0 radical (unpaired) electrons. The first-order chi connectivity index (χ1) is 7.02. The van der Waals surface area contributed by atoms with Gasteiger partial charge in [0.2, 0.25) is 5.82 Å². The second-order valence-corrected chi connectivity index (χ2v) is 3.92. The Bertz CT molecular complexity index is 390. The van der Waals surface area contributed by atoms with Crippen LogP contribution in [0.5, 0.6) is 5.75 Å². The highest BCUT2D eigenvalue weighted by molar-refractivity contribution is 7.48. The first kappa shape index (κ1) is 12.0. The Morgan fingerprint density at radius 3 is 2.53 bits per heavy atom. The summed E-state index contributed by atoms with van der Waals surface area (Å²) in [6.45, 7) is 0. The summed E-state index contributed by atoms with van der Waals surface area (Å²) in [5.74, 6) is -3.40. The third-order valence-electron chi connectivity index (χ3n) is 1.43. The van der Waals surface area contributed by atoms with Crippen molar-refractivity contribution in [2.24, 2.45) is 0 Å². The van der Waals surface area contributed by atoms with E-state index in [1.807, 2.05) is 0 Å². The monoisotopic (exact) mass is 242 g/mol. The molecule has 0 aliphatic carbocycles. The van der Waals surface area contributed by atoms with Gasteiger partial charge in [-0.15, -0.1) is 0 Å². The van der Waals surface area contributed by atoms with Gasteiger partial charge in [-0.25, -0.2) is 8.96 Å². The van der Waals surface area contributed by atoms with Gasteiger partial charge in [0, 0.05) is 7.11 Å². The first-order valence-corrected chi connectivity index (χ1v) is 5.08. The highest BCUT2D eigenvalue weighted by atomic mass is 31.2. The lowest BCUT2D eigenvalue weighted by Crippen LogP contribution is -1.98. The van der Waals surface area contributed by atoms with Crippen molar-refractivity contribution in [2.45, 2.75) is 0 Å². The molecule has 0 spiro atoms. The van der Waals surface area contributed by atoms with E-state index in [4.69, 9.17) is 0 Å². The Kier molecular flexibility index (Phi) is 3.73. The molecule has 1 aromatic carbocycles. The van der Waals surface area contributed by atoms with Crippen molar-refractivity contribution < 1.29 is 31.6 Å². The minimum atomic E-state index is -4.52. The van der Waals surface area contributed by atoms with E-state index in [-0.39, 0.29) is 0 Å². The maximum atomic E-state index is 12.9. The molecule has 0 fully saturated rings. The molecule has 1 unspecified atom stereocenters. The van der Waals surface area contributed by atoms with Crippen LogP contribution in [0.25, 0.3) is 0 Å². The van der Waals surface area contributed by atoms with Crippen LogP contribution in [0.1, 0.15) is 0 Å². The van der Waals surface area contributed by atoms with E-state index < -0.39 is 25.2 Å². The van der Waals surface area contributed by atoms with Crippen LogP contribution in [0.15, 0.2) is 18.2 Å². The van der Waals surface area contributed by atoms with Gasteiger partial charge in [0.05, 0.1) is 0 Å². The molecular weight excluding hydrogens is 236 g/mol. The highest BCUT2D eigenvalue weighted by Crippen LogP contribution is 2.49. The summed E-state index contributed by atoms with van der Waals surface area (Å²) in [4.78, 5) is 0. The molecule has 0 N–H and O–H groups in total. The smallest absolute Gasteiger partial charge is 0.399 e. The third-order valence-corrected chi connectivity index (χ3v) is 2.47. The standard InChI is InChI=1S/C7H6F3O4P/c1-12-15(11,14-10)13-6-4-2-3-5(8)7(6)9/h2-4H,1H3. The summed E-state index contributed by atoms with van der Waals surface area (Å²) < 4.78 is 59.5. The molecule has 1 aromatic rings. The summed E-state index contributed by atoms with van der Waals surface area (Å²) in [5.41, 5.74) is 0. The van der Waals surface area contributed by atoms with Crippen molar-refractivity contribution in [2.75, 3.05) is 7.11 Å². The topological polar surface area (TPSA) is 44.8 Å². The first-order valence-electron chi connectivity index (χ1n) is 3.62. The SMILES string of the molecule is COP(=O)(OF)Oc1cccc(F)c1F. The number of halogens is 3. The Labute approximate surface area is 83.1 Å². The third kappa shape index (κ3) is 2.71. The molecule has 0 bridgehead atoms. The Morgan fingerprint density at radius 2 is 2.00 bits per heavy atom. The van der Waals surface area contributed by atoms with Crippen LogP contribution in [0.3, 0.4) is 0 Å². The van der Waals surface area contributed by atoms with Crippen LogP contribution >= 0.6 is 7.82 Å². The van der Waals surface area contributed by atoms with Gasteiger partial charge in [-0.1, -0.05) is 10.8 Å². The van der Waals surface area contributed by atoms with Crippen LogP contribution in [0.4, 0.5) is 13.3 Å². The van der Waals surface area contributed by atoms with E-state index in [9.17, 15) is 17.9 Å². The van der Waals surface area contributed by atoms with Gasteiger partial charge in [0.1, 0.15) is 0 Å². The molecule has 0 saturated carbocycles. The van der Waals surface area contributed by atoms with Crippen molar-refractivity contribution in [3.63, 3.8) is 0 Å². The van der Waals surface area contributed by atoms with Crippen LogP contribution in [0.2, 0.25) is 0 Å². The van der Waals surface area contributed by atoms with Crippen molar-refractivity contribution in [3.8, 4) is 5.75 Å². The molecule has 0 saturated heterocycles. The zero-order valence-electron chi connectivity index (χ0n) is 7.45. The fourth-order valence-corrected chi connectivity index (χ4v) is 1.30. The number of benzene rings is 1. The minimum Gasteiger partial charge on any atom is -0.399 e. The molecule has 15 heavy (non-hydrogen) atoms. The molecule has 1 rings (SSSR count). The van der Waals surface area contributed by atoms with Gasteiger partial charge >= 0.3 is 7.82 Å². The summed E-state index contributed by atoms with van der Waals surface area (Å²) in [6, 6.07) is 2.85. The molecule has 84 valence electrons. The zero-order chi connectivity index (χ0) is 11.5. The number of rotatable bonds is 4. The van der Waals surface area contributed by atoms with Gasteiger partial charge in [0.25, 0.3) is 0 Å². The quantitative estimate of drug-likeness (QED) is 0.761.